The maximum Gasteiger partial charge on any atom is 0.319 e. The standard InChI is InChI=1S/C19H27FN4O/c1-14-12-15(4-5-17(14)20)16-6-7-21-18(13-16)23-8-10-24(11-9-23)19(25)22(2)3/h4-6,12,18,21H,7-11,13H2,1-3H3. The van der Waals surface area contributed by atoms with Gasteiger partial charge in [0.05, 0.1) is 6.17 Å². The minimum absolute atomic E-state index is 0.0821. The van der Waals surface area contributed by atoms with Crippen LogP contribution in [0.3, 0.4) is 0 Å². The summed E-state index contributed by atoms with van der Waals surface area (Å²) in [7, 11) is 3.58. The number of piperazine rings is 1. The average molecular weight is 346 g/mol. The maximum atomic E-state index is 13.5. The summed E-state index contributed by atoms with van der Waals surface area (Å²) in [5, 5.41) is 3.54. The first-order chi connectivity index (χ1) is 12.0. The molecular weight excluding hydrogens is 319 g/mol. The van der Waals surface area contributed by atoms with E-state index in [1.54, 1.807) is 32.0 Å². The molecule has 0 aromatic heterocycles. The van der Waals surface area contributed by atoms with E-state index in [4.69, 9.17) is 0 Å². The fraction of sp³-hybridized carbons (Fsp3) is 0.526. The summed E-state index contributed by atoms with van der Waals surface area (Å²) < 4.78 is 13.5. The molecule has 25 heavy (non-hydrogen) atoms. The van der Waals surface area contributed by atoms with Crippen LogP contribution in [0.25, 0.3) is 5.57 Å². The van der Waals surface area contributed by atoms with Crippen molar-refractivity contribution >= 4 is 11.6 Å². The van der Waals surface area contributed by atoms with Crippen molar-refractivity contribution in [2.75, 3.05) is 46.8 Å². The predicted octanol–water partition coefficient (Wildman–Crippen LogP) is 2.14. The molecule has 6 heteroatoms. The number of urea groups is 1. The number of carbonyl (C=O) groups excluding carboxylic acids is 1. The third kappa shape index (κ3) is 4.02. The van der Waals surface area contributed by atoms with E-state index in [-0.39, 0.29) is 18.0 Å². The van der Waals surface area contributed by atoms with Crippen molar-refractivity contribution in [1.82, 2.24) is 20.0 Å². The van der Waals surface area contributed by atoms with Crippen LogP contribution in [0.5, 0.6) is 0 Å². The number of aryl methyl sites for hydroxylation is 1. The molecule has 0 bridgehead atoms. The summed E-state index contributed by atoms with van der Waals surface area (Å²) >= 11 is 0. The number of nitrogens with zero attached hydrogens (tertiary/aromatic N) is 3. The number of halogens is 1. The Morgan fingerprint density at radius 2 is 1.96 bits per heavy atom. The molecule has 1 aromatic rings. The summed E-state index contributed by atoms with van der Waals surface area (Å²) in [4.78, 5) is 18.0. The number of rotatable bonds is 2. The summed E-state index contributed by atoms with van der Waals surface area (Å²) in [6.07, 6.45) is 3.35. The highest BCUT2D eigenvalue weighted by Gasteiger charge is 2.28. The van der Waals surface area contributed by atoms with Crippen LogP contribution in [0.1, 0.15) is 17.5 Å². The number of nitrogens with one attached hydrogen (secondary N) is 1. The van der Waals surface area contributed by atoms with Gasteiger partial charge in [0.15, 0.2) is 0 Å². The second-order valence-corrected chi connectivity index (χ2v) is 7.02. The Bertz CT molecular complexity index is 665. The summed E-state index contributed by atoms with van der Waals surface area (Å²) in [5.74, 6) is -0.156. The van der Waals surface area contributed by atoms with Crippen LogP contribution in [0, 0.1) is 12.7 Å². The zero-order valence-electron chi connectivity index (χ0n) is 15.3. The Labute approximate surface area is 149 Å². The van der Waals surface area contributed by atoms with E-state index in [9.17, 15) is 9.18 Å². The van der Waals surface area contributed by atoms with Crippen LogP contribution in [0.15, 0.2) is 24.3 Å². The topological polar surface area (TPSA) is 38.8 Å². The highest BCUT2D eigenvalue weighted by molar-refractivity contribution is 5.74. The smallest absolute Gasteiger partial charge is 0.319 e. The van der Waals surface area contributed by atoms with Crippen molar-refractivity contribution < 1.29 is 9.18 Å². The third-order valence-electron chi connectivity index (χ3n) is 5.05. The van der Waals surface area contributed by atoms with Crippen molar-refractivity contribution in [2.24, 2.45) is 0 Å². The van der Waals surface area contributed by atoms with E-state index in [1.807, 2.05) is 17.0 Å². The van der Waals surface area contributed by atoms with Gasteiger partial charge in [-0.1, -0.05) is 12.1 Å². The molecule has 0 aliphatic carbocycles. The van der Waals surface area contributed by atoms with Gasteiger partial charge in [0.1, 0.15) is 5.82 Å². The van der Waals surface area contributed by atoms with Crippen LogP contribution in [0.2, 0.25) is 0 Å². The number of carbonyl (C=O) groups is 1. The van der Waals surface area contributed by atoms with Crippen LogP contribution in [0.4, 0.5) is 9.18 Å². The van der Waals surface area contributed by atoms with Gasteiger partial charge in [-0.25, -0.2) is 9.18 Å². The zero-order valence-corrected chi connectivity index (χ0v) is 15.3. The van der Waals surface area contributed by atoms with E-state index in [2.05, 4.69) is 16.3 Å². The SMILES string of the molecule is Cc1cc(C2=CCNC(N3CCN(C(=O)N(C)C)CC3)C2)ccc1F. The molecule has 3 rings (SSSR count). The number of hydrogen-bond acceptors (Lipinski definition) is 3. The number of amides is 2. The molecule has 5 nitrogen and oxygen atoms in total. The Hall–Kier alpha value is -1.92. The van der Waals surface area contributed by atoms with Crippen molar-refractivity contribution in [3.8, 4) is 0 Å². The average Bonchev–Trinajstić information content (AvgIpc) is 2.63. The van der Waals surface area contributed by atoms with E-state index >= 15 is 0 Å². The summed E-state index contributed by atoms with van der Waals surface area (Å²) in [6.45, 7) is 5.86. The molecule has 136 valence electrons. The van der Waals surface area contributed by atoms with Crippen molar-refractivity contribution in [3.05, 3.63) is 41.2 Å². The Morgan fingerprint density at radius 1 is 1.24 bits per heavy atom. The van der Waals surface area contributed by atoms with Gasteiger partial charge in [0.2, 0.25) is 0 Å². The van der Waals surface area contributed by atoms with Gasteiger partial charge < -0.3 is 9.80 Å². The van der Waals surface area contributed by atoms with Gasteiger partial charge in [-0.15, -0.1) is 0 Å². The molecule has 1 N–H and O–H groups in total. The van der Waals surface area contributed by atoms with Crippen LogP contribution in [-0.2, 0) is 0 Å². The van der Waals surface area contributed by atoms with Crippen molar-refractivity contribution in [2.45, 2.75) is 19.5 Å². The molecule has 1 aromatic carbocycles. The molecule has 0 radical (unpaired) electrons. The lowest BCUT2D eigenvalue weighted by molar-refractivity contribution is 0.0868. The Morgan fingerprint density at radius 3 is 2.60 bits per heavy atom. The molecule has 0 saturated carbocycles. The van der Waals surface area contributed by atoms with Gasteiger partial charge in [-0.3, -0.25) is 10.2 Å². The van der Waals surface area contributed by atoms with Gasteiger partial charge >= 0.3 is 6.03 Å². The minimum Gasteiger partial charge on any atom is -0.331 e. The second kappa shape index (κ2) is 7.54. The predicted molar refractivity (Wildman–Crippen MR) is 97.8 cm³/mol. The number of benzene rings is 1. The fourth-order valence-electron chi connectivity index (χ4n) is 3.53. The molecule has 2 amide bonds. The fourth-order valence-corrected chi connectivity index (χ4v) is 3.53. The first kappa shape index (κ1) is 17.9. The van der Waals surface area contributed by atoms with E-state index in [1.165, 1.54) is 5.57 Å². The molecule has 2 aliphatic rings. The lowest BCUT2D eigenvalue weighted by Crippen LogP contribution is -2.57. The molecule has 1 fully saturated rings. The van der Waals surface area contributed by atoms with Gasteiger partial charge in [-0.2, -0.15) is 0 Å². The normalized spacial score (nSPS) is 21.8. The monoisotopic (exact) mass is 346 g/mol. The Kier molecular flexibility index (Phi) is 5.39. The molecule has 2 heterocycles. The minimum atomic E-state index is -0.156. The molecule has 0 spiro atoms. The molecule has 1 unspecified atom stereocenters. The quantitative estimate of drug-likeness (QED) is 0.892. The van der Waals surface area contributed by atoms with Gasteiger partial charge in [0.25, 0.3) is 0 Å². The second-order valence-electron chi connectivity index (χ2n) is 7.02. The lowest BCUT2D eigenvalue weighted by Gasteiger charge is -2.41. The van der Waals surface area contributed by atoms with Gasteiger partial charge in [0, 0.05) is 53.2 Å². The van der Waals surface area contributed by atoms with Crippen LogP contribution < -0.4 is 5.32 Å². The van der Waals surface area contributed by atoms with Gasteiger partial charge in [-0.05, 0) is 35.8 Å². The first-order valence-electron chi connectivity index (χ1n) is 8.85. The number of hydrogen-bond donors (Lipinski definition) is 1. The molecule has 1 atom stereocenters. The largest absolute Gasteiger partial charge is 0.331 e. The van der Waals surface area contributed by atoms with E-state index in [0.29, 0.717) is 5.56 Å². The zero-order chi connectivity index (χ0) is 18.0. The summed E-state index contributed by atoms with van der Waals surface area (Å²) in [6, 6.07) is 5.42. The third-order valence-corrected chi connectivity index (χ3v) is 5.05. The molecule has 2 aliphatic heterocycles. The first-order valence-corrected chi connectivity index (χ1v) is 8.85. The van der Waals surface area contributed by atoms with Crippen molar-refractivity contribution in [1.29, 1.82) is 0 Å². The highest BCUT2D eigenvalue weighted by Crippen LogP contribution is 2.26. The van der Waals surface area contributed by atoms with Crippen LogP contribution >= 0.6 is 0 Å². The lowest BCUT2D eigenvalue weighted by atomic mass is 9.96. The van der Waals surface area contributed by atoms with Crippen molar-refractivity contribution in [3.63, 3.8) is 0 Å². The highest BCUT2D eigenvalue weighted by atomic mass is 19.1. The molecular formula is C19H27FN4O. The molecule has 1 saturated heterocycles. The maximum absolute atomic E-state index is 13.5. The summed E-state index contributed by atoms with van der Waals surface area (Å²) in [5.41, 5.74) is 3.05. The van der Waals surface area contributed by atoms with E-state index in [0.717, 1.165) is 44.7 Å². The van der Waals surface area contributed by atoms with E-state index < -0.39 is 0 Å². The van der Waals surface area contributed by atoms with Crippen LogP contribution in [-0.4, -0.2) is 73.7 Å². The Balaban J connectivity index is 1.61.